The van der Waals surface area contributed by atoms with Crippen LogP contribution in [0.1, 0.15) is 32.5 Å². The number of likely N-dealkylation sites (N-methyl/N-ethyl adjacent to an activating group) is 1. The summed E-state index contributed by atoms with van der Waals surface area (Å²) in [4.78, 5) is 30.8. The molecule has 8 heteroatoms. The first-order valence-electron chi connectivity index (χ1n) is 11.0. The summed E-state index contributed by atoms with van der Waals surface area (Å²) >= 11 is 1.20. The molecule has 2 aromatic carbocycles. The predicted molar refractivity (Wildman–Crippen MR) is 132 cm³/mol. The number of amides is 2. The Hall–Kier alpha value is -3.23. The number of halogens is 1. The van der Waals surface area contributed by atoms with Crippen molar-refractivity contribution in [3.8, 4) is 0 Å². The van der Waals surface area contributed by atoms with Gasteiger partial charge in [0.25, 0.3) is 11.8 Å². The zero-order valence-electron chi connectivity index (χ0n) is 18.7. The molecule has 1 fully saturated rings. The summed E-state index contributed by atoms with van der Waals surface area (Å²) < 4.78 is 13.4. The number of hydrogen-bond acceptors (Lipinski definition) is 5. The third-order valence-corrected chi connectivity index (χ3v) is 6.91. The van der Waals surface area contributed by atoms with Crippen LogP contribution in [-0.2, 0) is 0 Å². The number of nitrogens with one attached hydrogen (secondary N) is 2. The number of anilines is 3. The molecular formula is C25H27FN4O2S. The maximum absolute atomic E-state index is 13.4. The first-order valence-corrected chi connectivity index (χ1v) is 11.8. The summed E-state index contributed by atoms with van der Waals surface area (Å²) in [6, 6.07) is 15.1. The molecule has 1 aliphatic rings. The molecule has 3 aromatic rings. The monoisotopic (exact) mass is 466 g/mol. The Kier molecular flexibility index (Phi) is 7.05. The lowest BCUT2D eigenvalue weighted by atomic mass is 10.2. The fourth-order valence-corrected chi connectivity index (χ4v) is 4.89. The number of aryl methyl sites for hydroxylation is 1. The Bertz CT molecular complexity index is 1150. The molecule has 1 aliphatic heterocycles. The molecule has 4 rings (SSSR count). The summed E-state index contributed by atoms with van der Waals surface area (Å²) in [5.74, 6) is -1.11. The molecule has 6 nitrogen and oxygen atoms in total. The Morgan fingerprint density at radius 2 is 1.73 bits per heavy atom. The van der Waals surface area contributed by atoms with Crippen LogP contribution in [0.5, 0.6) is 0 Å². The van der Waals surface area contributed by atoms with E-state index in [9.17, 15) is 14.0 Å². The summed E-state index contributed by atoms with van der Waals surface area (Å²) in [6.45, 7) is 8.86. The van der Waals surface area contributed by atoms with E-state index in [4.69, 9.17) is 0 Å². The molecule has 0 spiro atoms. The molecule has 172 valence electrons. The van der Waals surface area contributed by atoms with E-state index < -0.39 is 11.7 Å². The third-order valence-electron chi connectivity index (χ3n) is 5.76. The fraction of sp³-hybridized carbons (Fsp3) is 0.280. The number of benzene rings is 2. The third kappa shape index (κ3) is 5.40. The molecule has 0 bridgehead atoms. The molecule has 0 radical (unpaired) electrons. The van der Waals surface area contributed by atoms with Crippen molar-refractivity contribution in [3.05, 3.63) is 76.4 Å². The van der Waals surface area contributed by atoms with Gasteiger partial charge < -0.3 is 20.4 Å². The van der Waals surface area contributed by atoms with Gasteiger partial charge in [0, 0.05) is 31.7 Å². The van der Waals surface area contributed by atoms with Crippen LogP contribution in [0.3, 0.4) is 0 Å². The van der Waals surface area contributed by atoms with Crippen LogP contribution >= 0.6 is 11.3 Å². The van der Waals surface area contributed by atoms with Crippen molar-refractivity contribution < 1.29 is 14.0 Å². The number of rotatable bonds is 6. The van der Waals surface area contributed by atoms with E-state index in [2.05, 4.69) is 27.4 Å². The number of nitrogens with zero attached hydrogens (tertiary/aromatic N) is 2. The van der Waals surface area contributed by atoms with Crippen molar-refractivity contribution in [2.75, 3.05) is 48.3 Å². The second-order valence-electron chi connectivity index (χ2n) is 7.98. The average Bonchev–Trinajstić information content (AvgIpc) is 3.19. The average molecular weight is 467 g/mol. The van der Waals surface area contributed by atoms with E-state index >= 15 is 0 Å². The van der Waals surface area contributed by atoms with Crippen LogP contribution in [-0.4, -0.2) is 49.4 Å². The smallest absolute Gasteiger partial charge is 0.266 e. The fourth-order valence-electron chi connectivity index (χ4n) is 3.92. The highest BCUT2D eigenvalue weighted by atomic mass is 32.1. The van der Waals surface area contributed by atoms with Gasteiger partial charge in [-0.05, 0) is 55.4 Å². The van der Waals surface area contributed by atoms with Gasteiger partial charge in [-0.1, -0.05) is 25.1 Å². The highest BCUT2D eigenvalue weighted by Crippen LogP contribution is 2.31. The molecule has 0 unspecified atom stereocenters. The molecule has 2 amide bonds. The Morgan fingerprint density at radius 1 is 0.970 bits per heavy atom. The van der Waals surface area contributed by atoms with Crippen LogP contribution in [0.25, 0.3) is 0 Å². The zero-order valence-corrected chi connectivity index (χ0v) is 19.5. The first kappa shape index (κ1) is 22.9. The molecule has 0 atom stereocenters. The van der Waals surface area contributed by atoms with Crippen molar-refractivity contribution in [3.63, 3.8) is 0 Å². The molecule has 2 N–H and O–H groups in total. The summed E-state index contributed by atoms with van der Waals surface area (Å²) in [6.07, 6.45) is 0. The number of hydrogen-bond donors (Lipinski definition) is 2. The minimum Gasteiger partial charge on any atom is -0.367 e. The van der Waals surface area contributed by atoms with Gasteiger partial charge in [-0.2, -0.15) is 0 Å². The van der Waals surface area contributed by atoms with Crippen molar-refractivity contribution in [2.24, 2.45) is 0 Å². The van der Waals surface area contributed by atoms with Gasteiger partial charge in [0.15, 0.2) is 0 Å². The van der Waals surface area contributed by atoms with E-state index in [1.165, 1.54) is 29.5 Å². The van der Waals surface area contributed by atoms with Crippen molar-refractivity contribution >= 4 is 39.5 Å². The van der Waals surface area contributed by atoms with E-state index in [0.717, 1.165) is 49.7 Å². The van der Waals surface area contributed by atoms with Crippen LogP contribution in [0, 0.1) is 12.7 Å². The zero-order chi connectivity index (χ0) is 23.4. The van der Waals surface area contributed by atoms with Crippen molar-refractivity contribution in [1.29, 1.82) is 0 Å². The number of thiophene rings is 1. The first-order chi connectivity index (χ1) is 15.9. The minimum absolute atomic E-state index is 0.219. The van der Waals surface area contributed by atoms with Crippen LogP contribution in [0.4, 0.5) is 20.8 Å². The summed E-state index contributed by atoms with van der Waals surface area (Å²) in [7, 11) is 0. The molecule has 33 heavy (non-hydrogen) atoms. The number of para-hydroxylation sites is 2. The largest absolute Gasteiger partial charge is 0.367 e. The lowest BCUT2D eigenvalue weighted by Crippen LogP contribution is -2.46. The quantitative estimate of drug-likeness (QED) is 0.546. The standard InChI is InChI=1S/C25H27FN4O2S/c1-3-29-11-13-30(14-12-29)21-10-5-4-9-20(21)27-25(32)23-17(2)15-22(33-23)28-24(31)18-7-6-8-19(26)16-18/h4-10,15-16H,3,11-14H2,1-2H3,(H,27,32)(H,28,31). The maximum Gasteiger partial charge on any atom is 0.266 e. The van der Waals surface area contributed by atoms with Crippen molar-refractivity contribution in [1.82, 2.24) is 4.90 Å². The van der Waals surface area contributed by atoms with Gasteiger partial charge >= 0.3 is 0 Å². The minimum atomic E-state index is -0.472. The number of piperazine rings is 1. The van der Waals surface area contributed by atoms with Gasteiger partial charge in [-0.3, -0.25) is 9.59 Å². The SMILES string of the molecule is CCN1CCN(c2ccccc2NC(=O)c2sc(NC(=O)c3cccc(F)c3)cc2C)CC1. The van der Waals surface area contributed by atoms with Crippen LogP contribution in [0.15, 0.2) is 54.6 Å². The number of carbonyl (C=O) groups is 2. The lowest BCUT2D eigenvalue weighted by Gasteiger charge is -2.36. The normalized spacial score (nSPS) is 14.2. The molecule has 0 aliphatic carbocycles. The molecular weight excluding hydrogens is 439 g/mol. The summed E-state index contributed by atoms with van der Waals surface area (Å²) in [5, 5.41) is 6.35. The maximum atomic E-state index is 13.4. The van der Waals surface area contributed by atoms with Gasteiger partial charge in [0.2, 0.25) is 0 Å². The molecule has 1 saturated heterocycles. The second kappa shape index (κ2) is 10.1. The van der Waals surface area contributed by atoms with Crippen molar-refractivity contribution in [2.45, 2.75) is 13.8 Å². The lowest BCUT2D eigenvalue weighted by molar-refractivity contribution is 0.102. The number of carbonyl (C=O) groups excluding carboxylic acids is 2. The predicted octanol–water partition coefficient (Wildman–Crippen LogP) is 4.84. The molecule has 0 saturated carbocycles. The van der Waals surface area contributed by atoms with Gasteiger partial charge in [0.1, 0.15) is 5.82 Å². The van der Waals surface area contributed by atoms with E-state index in [0.29, 0.717) is 9.88 Å². The van der Waals surface area contributed by atoms with Gasteiger partial charge in [0.05, 0.1) is 21.3 Å². The topological polar surface area (TPSA) is 64.7 Å². The molecule has 2 heterocycles. The Labute approximate surface area is 197 Å². The highest BCUT2D eigenvalue weighted by Gasteiger charge is 2.21. The van der Waals surface area contributed by atoms with E-state index in [-0.39, 0.29) is 11.5 Å². The summed E-state index contributed by atoms with van der Waals surface area (Å²) in [5.41, 5.74) is 2.77. The van der Waals surface area contributed by atoms with Gasteiger partial charge in [-0.15, -0.1) is 11.3 Å². The van der Waals surface area contributed by atoms with Crippen LogP contribution < -0.4 is 15.5 Å². The Balaban J connectivity index is 1.47. The highest BCUT2D eigenvalue weighted by molar-refractivity contribution is 7.18. The second-order valence-corrected chi connectivity index (χ2v) is 9.03. The van der Waals surface area contributed by atoms with E-state index in [1.54, 1.807) is 12.1 Å². The van der Waals surface area contributed by atoms with Gasteiger partial charge in [-0.25, -0.2) is 4.39 Å². The van der Waals surface area contributed by atoms with E-state index in [1.807, 2.05) is 31.2 Å². The van der Waals surface area contributed by atoms with Crippen LogP contribution in [0.2, 0.25) is 0 Å². The Morgan fingerprint density at radius 3 is 2.45 bits per heavy atom. The molecule has 1 aromatic heterocycles.